The van der Waals surface area contributed by atoms with Crippen molar-refractivity contribution in [1.29, 1.82) is 0 Å². The Balaban J connectivity index is 1.72. The third-order valence-corrected chi connectivity index (χ3v) is 3.21. The van der Waals surface area contributed by atoms with E-state index in [2.05, 4.69) is 20.5 Å². The molecule has 0 aliphatic heterocycles. The van der Waals surface area contributed by atoms with Gasteiger partial charge in [0.15, 0.2) is 0 Å². The normalized spacial score (nSPS) is 11.0. The largest absolute Gasteiger partial charge is 0.337 e. The summed E-state index contributed by atoms with van der Waals surface area (Å²) in [6, 6.07) is 1.95. The molecule has 0 radical (unpaired) electrons. The predicted octanol–water partition coefficient (Wildman–Crippen LogP) is 0.939. The van der Waals surface area contributed by atoms with Gasteiger partial charge in [0.25, 0.3) is 0 Å². The van der Waals surface area contributed by atoms with Crippen molar-refractivity contribution < 1.29 is 4.52 Å². The second kappa shape index (κ2) is 5.29. The maximum Gasteiger partial charge on any atom is 0.248 e. The Bertz CT molecular complexity index is 644. The van der Waals surface area contributed by atoms with Crippen molar-refractivity contribution in [2.75, 3.05) is 6.54 Å². The molecule has 0 atom stereocenters. The highest BCUT2D eigenvalue weighted by atomic mass is 32.1. The fourth-order valence-corrected chi connectivity index (χ4v) is 2.28. The SMILES string of the molecule is NCCc1cn(Cc2nc(-c3ccsc3)no2)nn1. The fraction of sp³-hybridized carbons (Fsp3) is 0.273. The summed E-state index contributed by atoms with van der Waals surface area (Å²) in [5.74, 6) is 1.10. The number of hydrogen-bond donors (Lipinski definition) is 1. The van der Waals surface area contributed by atoms with Gasteiger partial charge in [-0.2, -0.15) is 16.3 Å². The Morgan fingerprint density at radius 3 is 3.16 bits per heavy atom. The zero-order valence-electron chi connectivity index (χ0n) is 10.1. The molecule has 0 saturated carbocycles. The molecule has 3 rings (SSSR count). The van der Waals surface area contributed by atoms with Gasteiger partial charge < -0.3 is 10.3 Å². The molecule has 0 amide bonds. The van der Waals surface area contributed by atoms with Crippen LogP contribution in [0.4, 0.5) is 0 Å². The van der Waals surface area contributed by atoms with Crippen LogP contribution in [0, 0.1) is 0 Å². The summed E-state index contributed by atoms with van der Waals surface area (Å²) in [5.41, 5.74) is 7.28. The summed E-state index contributed by atoms with van der Waals surface area (Å²) in [7, 11) is 0. The van der Waals surface area contributed by atoms with E-state index >= 15 is 0 Å². The Morgan fingerprint density at radius 1 is 1.42 bits per heavy atom. The molecule has 3 aromatic heterocycles. The number of rotatable bonds is 5. The van der Waals surface area contributed by atoms with Crippen LogP contribution in [0.3, 0.4) is 0 Å². The second-order valence-electron chi connectivity index (χ2n) is 3.97. The van der Waals surface area contributed by atoms with Crippen molar-refractivity contribution in [2.45, 2.75) is 13.0 Å². The predicted molar refractivity (Wildman–Crippen MR) is 69.5 cm³/mol. The van der Waals surface area contributed by atoms with E-state index in [1.165, 1.54) is 0 Å². The van der Waals surface area contributed by atoms with E-state index in [1.807, 2.05) is 23.0 Å². The smallest absolute Gasteiger partial charge is 0.248 e. The van der Waals surface area contributed by atoms with E-state index < -0.39 is 0 Å². The second-order valence-corrected chi connectivity index (χ2v) is 4.75. The number of thiophene rings is 1. The van der Waals surface area contributed by atoms with Crippen LogP contribution in [0.5, 0.6) is 0 Å². The minimum absolute atomic E-state index is 0.411. The van der Waals surface area contributed by atoms with Crippen LogP contribution in [0.25, 0.3) is 11.4 Å². The van der Waals surface area contributed by atoms with Crippen molar-refractivity contribution >= 4 is 11.3 Å². The van der Waals surface area contributed by atoms with Crippen molar-refractivity contribution in [1.82, 2.24) is 25.1 Å². The molecule has 3 heterocycles. The number of nitrogens with two attached hydrogens (primary N) is 1. The van der Waals surface area contributed by atoms with Crippen LogP contribution in [-0.4, -0.2) is 31.7 Å². The first-order valence-corrected chi connectivity index (χ1v) is 6.73. The molecule has 0 saturated heterocycles. The summed E-state index contributed by atoms with van der Waals surface area (Å²) in [6.45, 7) is 0.969. The molecule has 0 fully saturated rings. The molecule has 0 aliphatic rings. The molecule has 0 bridgehead atoms. The average molecular weight is 276 g/mol. The van der Waals surface area contributed by atoms with Crippen LogP contribution in [-0.2, 0) is 13.0 Å². The summed E-state index contributed by atoms with van der Waals surface area (Å²) < 4.78 is 6.85. The Hall–Kier alpha value is -2.06. The summed E-state index contributed by atoms with van der Waals surface area (Å²) >= 11 is 1.60. The summed E-state index contributed by atoms with van der Waals surface area (Å²) in [4.78, 5) is 4.32. The van der Waals surface area contributed by atoms with E-state index in [9.17, 15) is 0 Å². The highest BCUT2D eigenvalue weighted by Crippen LogP contribution is 2.18. The molecule has 0 aliphatic carbocycles. The third kappa shape index (κ3) is 2.69. The monoisotopic (exact) mass is 276 g/mol. The first-order valence-electron chi connectivity index (χ1n) is 5.79. The lowest BCUT2D eigenvalue weighted by Crippen LogP contribution is -2.03. The summed E-state index contributed by atoms with van der Waals surface area (Å²) in [6.07, 6.45) is 2.55. The third-order valence-electron chi connectivity index (χ3n) is 2.53. The Morgan fingerprint density at radius 2 is 2.37 bits per heavy atom. The average Bonchev–Trinajstić information content (AvgIpc) is 3.10. The van der Waals surface area contributed by atoms with Gasteiger partial charge in [-0.05, 0) is 18.0 Å². The highest BCUT2D eigenvalue weighted by molar-refractivity contribution is 7.08. The minimum atomic E-state index is 0.411. The fourth-order valence-electron chi connectivity index (χ4n) is 1.64. The van der Waals surface area contributed by atoms with Gasteiger partial charge >= 0.3 is 0 Å². The van der Waals surface area contributed by atoms with E-state index in [4.69, 9.17) is 10.3 Å². The van der Waals surface area contributed by atoms with Gasteiger partial charge in [0, 0.05) is 23.6 Å². The lowest BCUT2D eigenvalue weighted by Gasteiger charge is -1.92. The quantitative estimate of drug-likeness (QED) is 0.745. The van der Waals surface area contributed by atoms with E-state index in [0.29, 0.717) is 31.2 Å². The van der Waals surface area contributed by atoms with Crippen molar-refractivity contribution in [3.63, 3.8) is 0 Å². The minimum Gasteiger partial charge on any atom is -0.337 e. The molecule has 3 aromatic rings. The van der Waals surface area contributed by atoms with Crippen molar-refractivity contribution in [3.05, 3.63) is 34.6 Å². The van der Waals surface area contributed by atoms with Gasteiger partial charge in [-0.3, -0.25) is 0 Å². The molecule has 0 unspecified atom stereocenters. The molecule has 7 nitrogen and oxygen atoms in total. The van der Waals surface area contributed by atoms with Gasteiger partial charge in [0.05, 0.1) is 5.69 Å². The maximum atomic E-state index is 5.46. The zero-order valence-corrected chi connectivity index (χ0v) is 10.9. The van der Waals surface area contributed by atoms with E-state index in [-0.39, 0.29) is 0 Å². The lowest BCUT2D eigenvalue weighted by molar-refractivity contribution is 0.364. The van der Waals surface area contributed by atoms with E-state index in [1.54, 1.807) is 16.0 Å². The van der Waals surface area contributed by atoms with Gasteiger partial charge in [-0.15, -0.1) is 5.10 Å². The van der Waals surface area contributed by atoms with Crippen LogP contribution < -0.4 is 5.73 Å². The van der Waals surface area contributed by atoms with Gasteiger partial charge in [0.1, 0.15) is 6.54 Å². The van der Waals surface area contributed by atoms with Gasteiger partial charge in [-0.25, -0.2) is 4.68 Å². The Labute approximate surface area is 113 Å². The number of nitrogens with zero attached hydrogens (tertiary/aromatic N) is 5. The van der Waals surface area contributed by atoms with E-state index in [0.717, 1.165) is 11.3 Å². The molecule has 2 N–H and O–H groups in total. The Kier molecular flexibility index (Phi) is 3.34. The highest BCUT2D eigenvalue weighted by Gasteiger charge is 2.10. The molecule has 19 heavy (non-hydrogen) atoms. The lowest BCUT2D eigenvalue weighted by atomic mass is 10.3. The number of hydrogen-bond acceptors (Lipinski definition) is 7. The maximum absolute atomic E-state index is 5.46. The molecular formula is C11H12N6OS. The van der Waals surface area contributed by atoms with Crippen molar-refractivity contribution in [3.8, 4) is 11.4 Å². The zero-order chi connectivity index (χ0) is 13.1. The first kappa shape index (κ1) is 12.0. The topological polar surface area (TPSA) is 95.7 Å². The van der Waals surface area contributed by atoms with Crippen molar-refractivity contribution in [2.24, 2.45) is 5.73 Å². The van der Waals surface area contributed by atoms with Gasteiger partial charge in [0.2, 0.25) is 11.7 Å². The number of aromatic nitrogens is 5. The molecular weight excluding hydrogens is 264 g/mol. The van der Waals surface area contributed by atoms with Gasteiger partial charge in [-0.1, -0.05) is 10.4 Å². The molecule has 0 spiro atoms. The standard InChI is InChI=1S/C11H12N6OS/c12-3-1-9-5-17(16-14-9)6-10-13-11(15-18-10)8-2-4-19-7-8/h2,4-5,7H,1,3,6,12H2. The van der Waals surface area contributed by atoms with Crippen LogP contribution in [0.1, 0.15) is 11.6 Å². The van der Waals surface area contributed by atoms with Crippen LogP contribution in [0.15, 0.2) is 27.5 Å². The molecule has 0 aromatic carbocycles. The first-order chi connectivity index (χ1) is 9.35. The van der Waals surface area contributed by atoms with Crippen LogP contribution >= 0.6 is 11.3 Å². The summed E-state index contributed by atoms with van der Waals surface area (Å²) in [5, 5.41) is 15.9. The van der Waals surface area contributed by atoms with Crippen LogP contribution in [0.2, 0.25) is 0 Å². The molecule has 8 heteroatoms. The molecule has 98 valence electrons.